The Hall–Kier alpha value is -1.55. The minimum Gasteiger partial charge on any atom is -0.368 e. The zero-order valence-corrected chi connectivity index (χ0v) is 13.0. The van der Waals surface area contributed by atoms with Crippen molar-refractivity contribution in [3.8, 4) is 0 Å². The Kier molecular flexibility index (Phi) is 3.14. The predicted molar refractivity (Wildman–Crippen MR) is 86.9 cm³/mol. The van der Waals surface area contributed by atoms with Gasteiger partial charge in [0, 0.05) is 12.0 Å². The number of fused-ring (bicyclic) bond motifs is 2. The van der Waals surface area contributed by atoms with Gasteiger partial charge in [-0.2, -0.15) is 0 Å². The third-order valence-electron chi connectivity index (χ3n) is 5.01. The normalized spacial score (nSPS) is 25.9. The maximum absolute atomic E-state index is 4.23. The van der Waals surface area contributed by atoms with E-state index in [4.69, 9.17) is 0 Å². The van der Waals surface area contributed by atoms with Crippen molar-refractivity contribution >= 4 is 17.6 Å². The molecule has 3 nitrogen and oxygen atoms in total. The molecule has 0 saturated heterocycles. The summed E-state index contributed by atoms with van der Waals surface area (Å²) < 4.78 is 0. The number of anilines is 1. The van der Waals surface area contributed by atoms with Crippen molar-refractivity contribution in [3.05, 3.63) is 47.5 Å². The monoisotopic (exact) mass is 297 g/mol. The van der Waals surface area contributed by atoms with Gasteiger partial charge in [-0.15, -0.1) is 22.0 Å². The van der Waals surface area contributed by atoms with E-state index in [0.717, 1.165) is 23.3 Å². The fourth-order valence-electron chi connectivity index (χ4n) is 3.75. The number of rotatable bonds is 4. The highest BCUT2D eigenvalue weighted by molar-refractivity contribution is 7.98. The molecular formula is C17H19N3S. The van der Waals surface area contributed by atoms with E-state index >= 15 is 0 Å². The number of thioether (sulfide) groups is 1. The average molecular weight is 297 g/mol. The summed E-state index contributed by atoms with van der Waals surface area (Å²) in [6.45, 7) is 1.00. The van der Waals surface area contributed by atoms with E-state index in [1.165, 1.54) is 19.3 Å². The molecule has 0 radical (unpaired) electrons. The van der Waals surface area contributed by atoms with Crippen LogP contribution in [0.4, 0.5) is 5.82 Å². The molecule has 21 heavy (non-hydrogen) atoms. The molecule has 0 aliphatic heterocycles. The number of hydrogen-bond donors (Lipinski definition) is 1. The zero-order chi connectivity index (χ0) is 14.3. The zero-order valence-electron chi connectivity index (χ0n) is 12.2. The van der Waals surface area contributed by atoms with Gasteiger partial charge in [-0.1, -0.05) is 24.3 Å². The molecule has 1 aromatic heterocycles. The van der Waals surface area contributed by atoms with Gasteiger partial charge in [-0.3, -0.25) is 0 Å². The van der Waals surface area contributed by atoms with Gasteiger partial charge >= 0.3 is 0 Å². The minimum absolute atomic E-state index is 0.455. The molecule has 1 aromatic carbocycles. The maximum Gasteiger partial charge on any atom is 0.148 e. The van der Waals surface area contributed by atoms with E-state index < -0.39 is 0 Å². The molecule has 2 unspecified atom stereocenters. The number of benzene rings is 1. The van der Waals surface area contributed by atoms with Crippen LogP contribution in [0.3, 0.4) is 0 Å². The molecule has 2 aliphatic rings. The molecule has 1 saturated carbocycles. The summed E-state index contributed by atoms with van der Waals surface area (Å²) in [6.07, 6.45) is 5.89. The van der Waals surface area contributed by atoms with Gasteiger partial charge < -0.3 is 5.32 Å². The van der Waals surface area contributed by atoms with Gasteiger partial charge in [-0.25, -0.2) is 0 Å². The van der Waals surface area contributed by atoms with E-state index in [0.29, 0.717) is 5.41 Å². The molecule has 1 heterocycles. The van der Waals surface area contributed by atoms with Gasteiger partial charge in [-0.05, 0) is 54.7 Å². The lowest BCUT2D eigenvalue weighted by Crippen LogP contribution is -2.13. The second kappa shape index (κ2) is 5.02. The Morgan fingerprint density at radius 1 is 1.24 bits per heavy atom. The first-order chi connectivity index (χ1) is 10.3. The number of aromatic nitrogens is 2. The number of aryl methyl sites for hydroxylation is 1. The number of nitrogens with zero attached hydrogens (tertiary/aromatic N) is 2. The molecule has 4 rings (SSSR count). The van der Waals surface area contributed by atoms with Gasteiger partial charge in [0.25, 0.3) is 0 Å². The molecule has 1 N–H and O–H groups in total. The average Bonchev–Trinajstić information content (AvgIpc) is 3.13. The molecule has 1 spiro atoms. The molecule has 0 bridgehead atoms. The Bertz CT molecular complexity index is 655. The second-order valence-corrected chi connectivity index (χ2v) is 6.88. The van der Waals surface area contributed by atoms with Crippen molar-refractivity contribution in [1.82, 2.24) is 10.2 Å². The maximum atomic E-state index is 4.23. The standard InChI is InChI=1S/C17H19N3S/c1-21-16-7-6-15(19-20-16)18-11-13-10-17(13)9-8-12-4-2-3-5-14(12)17/h2-7,13H,8-11H2,1H3,(H,18,19). The van der Waals surface area contributed by atoms with Crippen LogP contribution in [0.1, 0.15) is 24.0 Å². The lowest BCUT2D eigenvalue weighted by Gasteiger charge is -2.12. The summed E-state index contributed by atoms with van der Waals surface area (Å²) in [5, 5.41) is 12.8. The Balaban J connectivity index is 1.42. The number of nitrogens with one attached hydrogen (secondary N) is 1. The van der Waals surface area contributed by atoms with E-state index in [-0.39, 0.29) is 0 Å². The van der Waals surface area contributed by atoms with Gasteiger partial charge in [0.2, 0.25) is 0 Å². The fraction of sp³-hybridized carbons (Fsp3) is 0.412. The first kappa shape index (κ1) is 13.1. The van der Waals surface area contributed by atoms with Crippen molar-refractivity contribution < 1.29 is 0 Å². The fourth-order valence-corrected chi connectivity index (χ4v) is 4.08. The highest BCUT2D eigenvalue weighted by Crippen LogP contribution is 2.61. The summed E-state index contributed by atoms with van der Waals surface area (Å²) >= 11 is 1.62. The van der Waals surface area contributed by atoms with Crippen LogP contribution in [-0.2, 0) is 11.8 Å². The molecular weight excluding hydrogens is 278 g/mol. The largest absolute Gasteiger partial charge is 0.368 e. The minimum atomic E-state index is 0.455. The molecule has 2 atom stereocenters. The van der Waals surface area contributed by atoms with Crippen LogP contribution in [0.2, 0.25) is 0 Å². The highest BCUT2D eigenvalue weighted by atomic mass is 32.2. The molecule has 2 aromatic rings. The number of hydrogen-bond acceptors (Lipinski definition) is 4. The summed E-state index contributed by atoms with van der Waals surface area (Å²) in [7, 11) is 0. The van der Waals surface area contributed by atoms with Crippen LogP contribution in [0.25, 0.3) is 0 Å². The summed E-state index contributed by atoms with van der Waals surface area (Å²) in [5.74, 6) is 1.63. The van der Waals surface area contributed by atoms with Crippen molar-refractivity contribution in [2.24, 2.45) is 5.92 Å². The van der Waals surface area contributed by atoms with Crippen molar-refractivity contribution in [3.63, 3.8) is 0 Å². The lowest BCUT2D eigenvalue weighted by atomic mass is 9.95. The second-order valence-electron chi connectivity index (χ2n) is 6.06. The SMILES string of the molecule is CSc1ccc(NCC2CC23CCc2ccccc23)nn1. The molecule has 108 valence electrons. The van der Waals surface area contributed by atoms with Crippen LogP contribution in [0.15, 0.2) is 41.4 Å². The summed E-state index contributed by atoms with van der Waals surface area (Å²) in [4.78, 5) is 0. The predicted octanol–water partition coefficient (Wildman–Crippen LogP) is 3.51. The Morgan fingerprint density at radius 2 is 2.14 bits per heavy atom. The van der Waals surface area contributed by atoms with Crippen molar-refractivity contribution in [2.75, 3.05) is 18.1 Å². The molecule has 1 fully saturated rings. The lowest BCUT2D eigenvalue weighted by molar-refractivity contribution is 0.609. The van der Waals surface area contributed by atoms with Gasteiger partial charge in [0.1, 0.15) is 10.8 Å². The topological polar surface area (TPSA) is 37.8 Å². The van der Waals surface area contributed by atoms with Crippen LogP contribution in [0, 0.1) is 5.92 Å². The smallest absolute Gasteiger partial charge is 0.148 e. The van der Waals surface area contributed by atoms with E-state index in [1.807, 2.05) is 18.4 Å². The Labute approximate surface area is 129 Å². The van der Waals surface area contributed by atoms with Crippen molar-refractivity contribution in [2.45, 2.75) is 29.7 Å². The van der Waals surface area contributed by atoms with Crippen LogP contribution in [-0.4, -0.2) is 23.0 Å². The Morgan fingerprint density at radius 3 is 2.95 bits per heavy atom. The van der Waals surface area contributed by atoms with Gasteiger partial charge in [0.15, 0.2) is 0 Å². The summed E-state index contributed by atoms with van der Waals surface area (Å²) in [5.41, 5.74) is 3.61. The quantitative estimate of drug-likeness (QED) is 0.876. The first-order valence-electron chi connectivity index (χ1n) is 7.52. The molecule has 4 heteroatoms. The molecule has 2 aliphatic carbocycles. The van der Waals surface area contributed by atoms with Crippen LogP contribution in [0.5, 0.6) is 0 Å². The third-order valence-corrected chi connectivity index (χ3v) is 5.64. The van der Waals surface area contributed by atoms with E-state index in [1.54, 1.807) is 22.9 Å². The molecule has 0 amide bonds. The van der Waals surface area contributed by atoms with Gasteiger partial charge in [0.05, 0.1) is 0 Å². The van der Waals surface area contributed by atoms with Crippen molar-refractivity contribution in [1.29, 1.82) is 0 Å². The first-order valence-corrected chi connectivity index (χ1v) is 8.74. The van der Waals surface area contributed by atoms with Crippen LogP contribution >= 0.6 is 11.8 Å². The van der Waals surface area contributed by atoms with E-state index in [9.17, 15) is 0 Å². The van der Waals surface area contributed by atoms with E-state index in [2.05, 4.69) is 39.8 Å². The highest BCUT2D eigenvalue weighted by Gasteiger charge is 2.57. The third kappa shape index (κ3) is 2.22. The summed E-state index contributed by atoms with van der Waals surface area (Å²) in [6, 6.07) is 13.0. The van der Waals surface area contributed by atoms with Crippen LogP contribution < -0.4 is 5.32 Å².